The van der Waals surface area contributed by atoms with Crippen LogP contribution in [-0.2, 0) is 0 Å². The van der Waals surface area contributed by atoms with Crippen LogP contribution in [-0.4, -0.2) is 87.4 Å². The maximum absolute atomic E-state index is 5.95. The van der Waals surface area contributed by atoms with Crippen molar-refractivity contribution in [2.24, 2.45) is 5.73 Å². The molecule has 1 aromatic carbocycles. The van der Waals surface area contributed by atoms with E-state index in [1.807, 2.05) is 12.4 Å². The first-order chi connectivity index (χ1) is 17.6. The molecular formula is C26H28N10. The van der Waals surface area contributed by atoms with Crippen molar-refractivity contribution in [1.29, 1.82) is 0 Å². The molecule has 2 aliphatic rings. The number of hydrogen-bond donors (Lipinski definition) is 3. The molecule has 7 rings (SSSR count). The molecule has 0 bridgehead atoms. The monoisotopic (exact) mass is 480 g/mol. The van der Waals surface area contributed by atoms with Gasteiger partial charge in [0.05, 0.1) is 52.9 Å². The molecule has 10 nitrogen and oxygen atoms in total. The molecule has 0 unspecified atom stereocenters. The number of nitrogens with zero attached hydrogens (tertiary/aromatic N) is 7. The molecule has 0 saturated carbocycles. The molecule has 0 spiro atoms. The number of rotatable bonds is 4. The highest BCUT2D eigenvalue weighted by atomic mass is 15.3. The first-order valence-electron chi connectivity index (χ1n) is 12.3. The number of aromatic amines is 2. The van der Waals surface area contributed by atoms with Crippen molar-refractivity contribution in [1.82, 2.24) is 35.0 Å². The molecule has 2 fully saturated rings. The summed E-state index contributed by atoms with van der Waals surface area (Å²) in [6, 6.07) is 8.65. The van der Waals surface area contributed by atoms with Crippen LogP contribution in [0.15, 0.2) is 49.1 Å². The van der Waals surface area contributed by atoms with Crippen LogP contribution in [0.25, 0.3) is 44.5 Å². The highest BCUT2D eigenvalue weighted by Gasteiger charge is 2.25. The molecule has 182 valence electrons. The summed E-state index contributed by atoms with van der Waals surface area (Å²) in [6.07, 6.45) is 7.47. The lowest BCUT2D eigenvalue weighted by atomic mass is 10.1. The second-order valence-corrected chi connectivity index (χ2v) is 9.85. The van der Waals surface area contributed by atoms with Crippen molar-refractivity contribution >= 4 is 33.3 Å². The summed E-state index contributed by atoms with van der Waals surface area (Å²) in [7, 11) is 2.17. The van der Waals surface area contributed by atoms with Gasteiger partial charge in [0.1, 0.15) is 11.5 Å². The molecule has 5 aromatic rings. The van der Waals surface area contributed by atoms with Gasteiger partial charge < -0.3 is 25.4 Å². The molecule has 36 heavy (non-hydrogen) atoms. The summed E-state index contributed by atoms with van der Waals surface area (Å²) < 4.78 is 0. The fourth-order valence-electron chi connectivity index (χ4n) is 5.19. The van der Waals surface area contributed by atoms with Crippen LogP contribution in [0.2, 0.25) is 0 Å². The van der Waals surface area contributed by atoms with Crippen LogP contribution in [0.1, 0.15) is 0 Å². The molecule has 4 N–H and O–H groups in total. The highest BCUT2D eigenvalue weighted by Crippen LogP contribution is 2.34. The molecule has 2 aliphatic heterocycles. The number of piperazine rings is 1. The Labute approximate surface area is 208 Å². The minimum Gasteiger partial charge on any atom is -0.367 e. The van der Waals surface area contributed by atoms with Crippen LogP contribution in [0, 0.1) is 0 Å². The average Bonchev–Trinajstić information content (AvgIpc) is 3.51. The minimum absolute atomic E-state index is 0.212. The summed E-state index contributed by atoms with van der Waals surface area (Å²) in [4.78, 5) is 24.3. The van der Waals surface area contributed by atoms with E-state index in [2.05, 4.69) is 71.2 Å². The lowest BCUT2D eigenvalue weighted by Crippen LogP contribution is -2.56. The van der Waals surface area contributed by atoms with Gasteiger partial charge in [-0.2, -0.15) is 5.10 Å². The summed E-state index contributed by atoms with van der Waals surface area (Å²) >= 11 is 0. The fourth-order valence-corrected chi connectivity index (χ4v) is 5.19. The van der Waals surface area contributed by atoms with E-state index < -0.39 is 0 Å². The van der Waals surface area contributed by atoms with Crippen LogP contribution in [0.4, 0.5) is 11.5 Å². The van der Waals surface area contributed by atoms with E-state index in [0.717, 1.165) is 84.2 Å². The predicted molar refractivity (Wildman–Crippen MR) is 142 cm³/mol. The number of pyridine rings is 1. The second-order valence-electron chi connectivity index (χ2n) is 9.85. The van der Waals surface area contributed by atoms with E-state index in [-0.39, 0.29) is 6.04 Å². The molecule has 0 amide bonds. The molecule has 2 saturated heterocycles. The number of nitrogens with one attached hydrogen (secondary N) is 2. The second kappa shape index (κ2) is 8.28. The predicted octanol–water partition coefficient (Wildman–Crippen LogP) is 2.46. The van der Waals surface area contributed by atoms with Gasteiger partial charge in [0.15, 0.2) is 0 Å². The number of aromatic nitrogens is 6. The van der Waals surface area contributed by atoms with Crippen LogP contribution < -0.4 is 15.5 Å². The largest absolute Gasteiger partial charge is 0.367 e. The molecule has 0 aliphatic carbocycles. The number of fused-ring (bicyclic) bond motifs is 2. The van der Waals surface area contributed by atoms with Gasteiger partial charge >= 0.3 is 0 Å². The van der Waals surface area contributed by atoms with Crippen molar-refractivity contribution in [2.45, 2.75) is 6.04 Å². The molecule has 0 atom stereocenters. The van der Waals surface area contributed by atoms with Crippen molar-refractivity contribution in [3.8, 4) is 22.6 Å². The van der Waals surface area contributed by atoms with Crippen molar-refractivity contribution in [2.75, 3.05) is 56.1 Å². The fraction of sp³-hybridized carbons (Fsp3) is 0.308. The standard InChI is InChI=1S/C26H28N10/c1-34-4-6-35(7-5-34)24-12-28-11-23-18(24)9-21(30-23)26-19-8-16(2-3-20(19)32-33-26)22-10-29-13-25(31-22)36-14-17(27)15-36/h2-3,8-13,17,30H,4-7,14-15,27H2,1H3,(H,32,33). The number of H-pyrrole nitrogens is 2. The lowest BCUT2D eigenvalue weighted by Gasteiger charge is -2.37. The zero-order valence-corrected chi connectivity index (χ0v) is 20.1. The Bertz CT molecular complexity index is 1560. The number of nitrogens with two attached hydrogens (primary N) is 1. The van der Waals surface area contributed by atoms with Gasteiger partial charge in [-0.05, 0) is 25.2 Å². The van der Waals surface area contributed by atoms with E-state index >= 15 is 0 Å². The molecule has 0 radical (unpaired) electrons. The van der Waals surface area contributed by atoms with Gasteiger partial charge in [0.25, 0.3) is 0 Å². The zero-order chi connectivity index (χ0) is 24.2. The lowest BCUT2D eigenvalue weighted by molar-refractivity contribution is 0.313. The van der Waals surface area contributed by atoms with E-state index in [1.165, 1.54) is 11.1 Å². The maximum Gasteiger partial charge on any atom is 0.147 e. The summed E-state index contributed by atoms with van der Waals surface area (Å²) in [6.45, 7) is 5.72. The van der Waals surface area contributed by atoms with Crippen LogP contribution in [0.5, 0.6) is 0 Å². The van der Waals surface area contributed by atoms with Crippen molar-refractivity contribution in [3.05, 3.63) is 49.1 Å². The number of likely N-dealkylation sites (N-methyl/N-ethyl adjacent to an activating group) is 1. The third kappa shape index (κ3) is 3.57. The summed E-state index contributed by atoms with van der Waals surface area (Å²) in [5.74, 6) is 0.862. The topological polar surface area (TPSA) is 119 Å². The van der Waals surface area contributed by atoms with Crippen LogP contribution >= 0.6 is 0 Å². The van der Waals surface area contributed by atoms with Gasteiger partial charge in [-0.3, -0.25) is 15.1 Å². The van der Waals surface area contributed by atoms with Gasteiger partial charge in [-0.15, -0.1) is 0 Å². The van der Waals surface area contributed by atoms with E-state index in [1.54, 1.807) is 12.4 Å². The maximum atomic E-state index is 5.95. The smallest absolute Gasteiger partial charge is 0.147 e. The number of anilines is 2. The first kappa shape index (κ1) is 21.3. The Morgan fingerprint density at radius 3 is 2.56 bits per heavy atom. The number of hydrogen-bond acceptors (Lipinski definition) is 8. The SMILES string of the molecule is CN1CCN(c2cncc3[nH]c(-c4n[nH]c5ccc(-c6cncc(N7CC(N)C7)n6)cc45)cc23)CC1. The molecular weight excluding hydrogens is 452 g/mol. The molecule has 4 aromatic heterocycles. The Balaban J connectivity index is 1.26. The Morgan fingerprint density at radius 1 is 0.889 bits per heavy atom. The van der Waals surface area contributed by atoms with E-state index in [9.17, 15) is 0 Å². The normalized spacial score (nSPS) is 17.3. The third-order valence-electron chi connectivity index (χ3n) is 7.34. The van der Waals surface area contributed by atoms with Gasteiger partial charge in [0, 0.05) is 61.6 Å². The van der Waals surface area contributed by atoms with E-state index in [0.29, 0.717) is 0 Å². The van der Waals surface area contributed by atoms with Gasteiger partial charge in [-0.25, -0.2) is 4.98 Å². The first-order valence-corrected chi connectivity index (χ1v) is 12.3. The quantitative estimate of drug-likeness (QED) is 0.359. The van der Waals surface area contributed by atoms with Gasteiger partial charge in [0.2, 0.25) is 0 Å². The minimum atomic E-state index is 0.212. The van der Waals surface area contributed by atoms with Crippen molar-refractivity contribution in [3.63, 3.8) is 0 Å². The average molecular weight is 481 g/mol. The number of benzene rings is 1. The highest BCUT2D eigenvalue weighted by molar-refractivity contribution is 6.00. The Morgan fingerprint density at radius 2 is 1.72 bits per heavy atom. The summed E-state index contributed by atoms with van der Waals surface area (Å²) in [5, 5.41) is 10.1. The third-order valence-corrected chi connectivity index (χ3v) is 7.34. The van der Waals surface area contributed by atoms with Crippen LogP contribution in [0.3, 0.4) is 0 Å². The van der Waals surface area contributed by atoms with Crippen molar-refractivity contribution < 1.29 is 0 Å². The molecule has 10 heteroatoms. The Kier molecular flexibility index (Phi) is 4.90. The molecule has 6 heterocycles. The summed E-state index contributed by atoms with van der Waals surface area (Å²) in [5.41, 5.74) is 12.8. The van der Waals surface area contributed by atoms with E-state index in [4.69, 9.17) is 10.7 Å². The Hall–Kier alpha value is -4.02. The zero-order valence-electron chi connectivity index (χ0n) is 20.1. The van der Waals surface area contributed by atoms with Gasteiger partial charge in [-0.1, -0.05) is 6.07 Å².